The van der Waals surface area contributed by atoms with Crippen molar-refractivity contribution >= 4 is 34.6 Å². The Bertz CT molecular complexity index is 1830. The first-order valence-electron chi connectivity index (χ1n) is 13.9. The number of nitrogens with zero attached hydrogens (tertiary/aromatic N) is 5. The summed E-state index contributed by atoms with van der Waals surface area (Å²) in [6.07, 6.45) is 2.21. The van der Waals surface area contributed by atoms with Gasteiger partial charge in [-0.2, -0.15) is 13.2 Å². The molecule has 1 aliphatic rings. The maximum Gasteiger partial charge on any atom is 0.416 e. The van der Waals surface area contributed by atoms with Crippen LogP contribution in [0, 0.1) is 11.8 Å². The minimum Gasteiger partial charge on any atom is -0.382 e. The number of nitrogens with two attached hydrogens (primary N) is 1. The third kappa shape index (κ3) is 5.98. The van der Waals surface area contributed by atoms with Crippen molar-refractivity contribution in [1.82, 2.24) is 29.4 Å². The van der Waals surface area contributed by atoms with Crippen LogP contribution in [0.25, 0.3) is 16.9 Å². The molecule has 14 heteroatoms. The van der Waals surface area contributed by atoms with Crippen LogP contribution in [0.15, 0.2) is 53.7 Å². The molecule has 0 unspecified atom stereocenters. The number of nitrogen functional groups attached to an aromatic ring is 1. The fourth-order valence-electron chi connectivity index (χ4n) is 5.74. The number of nitrogens with one attached hydrogen (secondary N) is 2. The number of carbonyl (C=O) groups excluding carboxylic acids is 2. The maximum absolute atomic E-state index is 14.2. The molecule has 0 spiro atoms. The molecule has 0 atom stereocenters. The largest absolute Gasteiger partial charge is 0.416 e. The highest BCUT2D eigenvalue weighted by molar-refractivity contribution is 6.04. The number of fused-ring (bicyclic) bond motifs is 1. The highest BCUT2D eigenvalue weighted by Crippen LogP contribution is 2.41. The number of carbonyl (C=O) groups is 2. The van der Waals surface area contributed by atoms with E-state index in [-0.39, 0.29) is 28.8 Å². The van der Waals surface area contributed by atoms with Crippen molar-refractivity contribution in [2.45, 2.75) is 57.2 Å². The highest BCUT2D eigenvalue weighted by atomic mass is 19.4. The van der Waals surface area contributed by atoms with Crippen LogP contribution < -0.4 is 22.1 Å². The summed E-state index contributed by atoms with van der Waals surface area (Å²) in [5.74, 6) is 3.82. The van der Waals surface area contributed by atoms with E-state index in [2.05, 4.69) is 37.4 Å². The van der Waals surface area contributed by atoms with Crippen LogP contribution >= 0.6 is 0 Å². The van der Waals surface area contributed by atoms with Crippen LogP contribution in [-0.4, -0.2) is 42.4 Å². The molecule has 0 aliphatic heterocycles. The predicted molar refractivity (Wildman–Crippen MR) is 157 cm³/mol. The number of halogens is 3. The molecule has 1 aliphatic carbocycles. The number of pyridine rings is 1. The lowest BCUT2D eigenvalue weighted by molar-refractivity contribution is -0.137. The van der Waals surface area contributed by atoms with E-state index >= 15 is 0 Å². The van der Waals surface area contributed by atoms with Gasteiger partial charge in [-0.25, -0.2) is 19.7 Å². The van der Waals surface area contributed by atoms with Crippen molar-refractivity contribution in [3.05, 3.63) is 70.5 Å². The molecule has 1 saturated carbocycles. The van der Waals surface area contributed by atoms with Crippen LogP contribution in [0.4, 0.5) is 24.8 Å². The van der Waals surface area contributed by atoms with Gasteiger partial charge in [0.1, 0.15) is 17.7 Å². The second-order valence-corrected chi connectivity index (χ2v) is 10.5. The molecular weight excluding hydrogens is 577 g/mol. The standard InChI is InChI=1S/C30H29F3N8O3/c1-2-6-23(42)36-15-5-14-29(12-3-4-13-29)41-26-24(25(34)37-18-38-26)40(28(41)44)21-9-7-19(8-10-21)27(43)39-22-17-20(11-16-35-22)30(31,32)33/h7-11,16-18H,3-5,12-15H2,1H3,(H,36,42)(H2,34,37,38)(H,35,39,43). The first kappa shape index (κ1) is 30.3. The Balaban J connectivity index is 1.46. The monoisotopic (exact) mass is 606 g/mol. The summed E-state index contributed by atoms with van der Waals surface area (Å²) in [6.45, 7) is 1.99. The van der Waals surface area contributed by atoms with E-state index in [4.69, 9.17) is 5.73 Å². The van der Waals surface area contributed by atoms with Gasteiger partial charge in [-0.3, -0.25) is 18.7 Å². The first-order chi connectivity index (χ1) is 21.0. The number of rotatable bonds is 8. The average molecular weight is 607 g/mol. The van der Waals surface area contributed by atoms with Gasteiger partial charge in [0.2, 0.25) is 0 Å². The minimum absolute atomic E-state index is 0.0989. The smallest absolute Gasteiger partial charge is 0.382 e. The number of hydrogen-bond donors (Lipinski definition) is 3. The van der Waals surface area contributed by atoms with Crippen molar-refractivity contribution in [2.24, 2.45) is 0 Å². The second kappa shape index (κ2) is 12.2. The molecule has 3 aromatic heterocycles. The van der Waals surface area contributed by atoms with Gasteiger partial charge in [0.05, 0.1) is 16.8 Å². The Morgan fingerprint density at radius 2 is 1.82 bits per heavy atom. The third-order valence-electron chi connectivity index (χ3n) is 7.72. The highest BCUT2D eigenvalue weighted by Gasteiger charge is 2.39. The fraction of sp³-hybridized carbons (Fsp3) is 0.333. The van der Waals surface area contributed by atoms with Gasteiger partial charge in [-0.05, 0) is 74.9 Å². The Labute approximate surface area is 249 Å². The van der Waals surface area contributed by atoms with E-state index in [0.717, 1.165) is 44.0 Å². The van der Waals surface area contributed by atoms with Crippen molar-refractivity contribution < 1.29 is 22.8 Å². The molecule has 0 bridgehead atoms. The van der Waals surface area contributed by atoms with Crippen molar-refractivity contribution in [2.75, 3.05) is 17.6 Å². The number of aromatic nitrogens is 5. The van der Waals surface area contributed by atoms with Gasteiger partial charge >= 0.3 is 11.9 Å². The molecule has 0 saturated heterocycles. The zero-order valence-electron chi connectivity index (χ0n) is 23.7. The molecule has 228 valence electrons. The number of anilines is 2. The van der Waals surface area contributed by atoms with E-state index in [1.807, 2.05) is 0 Å². The molecule has 0 radical (unpaired) electrons. The van der Waals surface area contributed by atoms with Crippen LogP contribution in [0.1, 0.15) is 61.4 Å². The summed E-state index contributed by atoms with van der Waals surface area (Å²) in [6, 6.07) is 7.53. The van der Waals surface area contributed by atoms with Gasteiger partial charge < -0.3 is 16.4 Å². The number of alkyl halides is 3. The molecule has 4 N–H and O–H groups in total. The van der Waals surface area contributed by atoms with Crippen LogP contribution in [0.2, 0.25) is 0 Å². The summed E-state index contributed by atoms with van der Waals surface area (Å²) in [5, 5.41) is 5.14. The van der Waals surface area contributed by atoms with Crippen LogP contribution in [0.3, 0.4) is 0 Å². The molecule has 4 aromatic rings. The lowest BCUT2D eigenvalue weighted by Gasteiger charge is -2.30. The average Bonchev–Trinajstić information content (AvgIpc) is 3.58. The number of imidazole rings is 1. The molecule has 2 amide bonds. The summed E-state index contributed by atoms with van der Waals surface area (Å²) in [5.41, 5.74) is 5.63. The van der Waals surface area contributed by atoms with E-state index in [1.165, 1.54) is 35.2 Å². The van der Waals surface area contributed by atoms with Gasteiger partial charge in [-0.1, -0.05) is 18.8 Å². The van der Waals surface area contributed by atoms with Crippen molar-refractivity contribution in [3.63, 3.8) is 0 Å². The normalized spacial score (nSPS) is 14.2. The van der Waals surface area contributed by atoms with Crippen molar-refractivity contribution in [1.29, 1.82) is 0 Å². The predicted octanol–water partition coefficient (Wildman–Crippen LogP) is 4.02. The SMILES string of the molecule is CC#CC(=O)NCCCC1(n2c(=O)n(-c3ccc(C(=O)Nc4cc(C(F)(F)F)ccn4)cc3)c3c(N)ncnc32)CCCC1. The molecule has 5 rings (SSSR count). The van der Waals surface area contributed by atoms with E-state index in [9.17, 15) is 27.6 Å². The zero-order chi connectivity index (χ0) is 31.5. The lowest BCUT2D eigenvalue weighted by Crippen LogP contribution is -2.40. The third-order valence-corrected chi connectivity index (χ3v) is 7.72. The van der Waals surface area contributed by atoms with Gasteiger partial charge in [0.15, 0.2) is 11.5 Å². The molecule has 11 nitrogen and oxygen atoms in total. The Kier molecular flexibility index (Phi) is 8.39. The van der Waals surface area contributed by atoms with E-state index in [0.29, 0.717) is 36.2 Å². The van der Waals surface area contributed by atoms with Crippen LogP contribution in [0.5, 0.6) is 0 Å². The maximum atomic E-state index is 14.2. The van der Waals surface area contributed by atoms with Gasteiger partial charge in [-0.15, -0.1) is 0 Å². The molecular formula is C30H29F3N8O3. The summed E-state index contributed by atoms with van der Waals surface area (Å²) in [4.78, 5) is 51.1. The van der Waals surface area contributed by atoms with Crippen molar-refractivity contribution in [3.8, 4) is 17.5 Å². The summed E-state index contributed by atoms with van der Waals surface area (Å²) < 4.78 is 42.2. The van der Waals surface area contributed by atoms with Gasteiger partial charge in [0, 0.05) is 18.3 Å². The van der Waals surface area contributed by atoms with Crippen LogP contribution in [-0.2, 0) is 16.5 Å². The molecule has 1 aromatic carbocycles. The minimum atomic E-state index is -4.58. The molecule has 3 heterocycles. The molecule has 1 fully saturated rings. The summed E-state index contributed by atoms with van der Waals surface area (Å²) in [7, 11) is 0. The number of hydrogen-bond acceptors (Lipinski definition) is 7. The van der Waals surface area contributed by atoms with E-state index < -0.39 is 23.2 Å². The topological polar surface area (TPSA) is 150 Å². The molecule has 44 heavy (non-hydrogen) atoms. The van der Waals surface area contributed by atoms with Gasteiger partial charge in [0.25, 0.3) is 11.8 Å². The fourth-order valence-corrected chi connectivity index (χ4v) is 5.74. The second-order valence-electron chi connectivity index (χ2n) is 10.5. The quantitative estimate of drug-likeness (QED) is 0.203. The Morgan fingerprint density at radius 3 is 2.50 bits per heavy atom. The Hall–Kier alpha value is -5.19. The number of benzene rings is 1. The Morgan fingerprint density at radius 1 is 1.09 bits per heavy atom. The van der Waals surface area contributed by atoms with E-state index in [1.54, 1.807) is 11.5 Å². The number of amides is 2. The first-order valence-corrected chi connectivity index (χ1v) is 13.9. The lowest BCUT2D eigenvalue weighted by atomic mass is 9.91. The summed E-state index contributed by atoms with van der Waals surface area (Å²) >= 11 is 0. The zero-order valence-corrected chi connectivity index (χ0v) is 23.7.